The third-order valence-electron chi connectivity index (χ3n) is 20.2. The molecule has 0 radical (unpaired) electrons. The van der Waals surface area contributed by atoms with Crippen molar-refractivity contribution in [3.8, 4) is 0 Å². The van der Waals surface area contributed by atoms with E-state index >= 15 is 17.6 Å². The molecule has 0 aromatic heterocycles. The van der Waals surface area contributed by atoms with Crippen molar-refractivity contribution in [1.29, 1.82) is 0 Å². The van der Waals surface area contributed by atoms with Gasteiger partial charge in [-0.3, -0.25) is 34.2 Å². The number of anilines is 2. The molecule has 0 unspecified atom stereocenters. The molecule has 12 rings (SSSR count). The average molecular weight is 1030 g/mol. The van der Waals surface area contributed by atoms with Crippen molar-refractivity contribution in [3.63, 3.8) is 0 Å². The molecular weight excluding hydrogens is 964 g/mol. The first-order valence-corrected chi connectivity index (χ1v) is 24.9. The summed E-state index contributed by atoms with van der Waals surface area (Å²) in [6.07, 6.45) is 1.57. The Morgan fingerprint density at radius 3 is 1.42 bits per heavy atom. The fraction of sp³-hybridized carbons (Fsp3) is 0.564. The van der Waals surface area contributed by atoms with Crippen LogP contribution in [0.15, 0.2) is 108 Å². The van der Waals surface area contributed by atoms with E-state index in [2.05, 4.69) is 0 Å². The van der Waals surface area contributed by atoms with Gasteiger partial charge < -0.3 is 25.9 Å². The fourth-order valence-corrected chi connectivity index (χ4v) is 17.0. The van der Waals surface area contributed by atoms with Gasteiger partial charge in [0.05, 0.1) is 36.7 Å². The Kier molecular flexibility index (Phi) is 13.1. The second kappa shape index (κ2) is 17.8. The third-order valence-corrected chi connectivity index (χ3v) is 20.2. The number of ketones is 3. The number of hydrogen-bond donors (Lipinski definition) is 4. The first-order valence-electron chi connectivity index (χ1n) is 24.9. The molecule has 2 saturated heterocycles. The largest absolute Gasteiger partial charge is 1.00 e. The third kappa shape index (κ3) is 6.71. The Labute approximate surface area is 442 Å². The van der Waals surface area contributed by atoms with Gasteiger partial charge in [-0.15, -0.1) is 0 Å². The van der Waals surface area contributed by atoms with Crippen molar-refractivity contribution < 1.29 is 102 Å². The summed E-state index contributed by atoms with van der Waals surface area (Å²) in [5, 5.41) is 46.7. The van der Waals surface area contributed by atoms with E-state index in [4.69, 9.17) is 9.68 Å². The molecule has 18 heteroatoms. The van der Waals surface area contributed by atoms with E-state index in [-0.39, 0.29) is 83.6 Å². The smallest absolute Gasteiger partial charge is 0.870 e. The van der Waals surface area contributed by atoms with Gasteiger partial charge in [0.2, 0.25) is 5.60 Å². The number of hydroxylamine groups is 2. The Bertz CT molecular complexity index is 2730. The summed E-state index contributed by atoms with van der Waals surface area (Å²) in [5.41, 5.74) is -11.1. The van der Waals surface area contributed by atoms with Gasteiger partial charge in [-0.2, -0.15) is 0 Å². The number of rotatable bonds is 5. The minimum absolute atomic E-state index is 0. The molecule has 6 saturated carbocycles. The molecular formula is C55H61F4N2NaO11. The molecule has 386 valence electrons. The van der Waals surface area contributed by atoms with Crippen LogP contribution in [0, 0.1) is 57.2 Å². The number of halogens is 4. The van der Waals surface area contributed by atoms with Gasteiger partial charge in [0.25, 0.3) is 0 Å². The maximum absolute atomic E-state index is 17.4. The molecule has 0 bridgehead atoms. The number of aliphatic hydroxyl groups is 3. The molecule has 2 heterocycles. The fourth-order valence-electron chi connectivity index (χ4n) is 17.0. The van der Waals surface area contributed by atoms with E-state index in [1.54, 1.807) is 30.9 Å². The van der Waals surface area contributed by atoms with Gasteiger partial charge in [0.1, 0.15) is 19.0 Å². The monoisotopic (exact) mass is 1020 g/mol. The molecule has 73 heavy (non-hydrogen) atoms. The summed E-state index contributed by atoms with van der Waals surface area (Å²) < 4.78 is 65.8. The molecule has 2 aliphatic heterocycles. The Morgan fingerprint density at radius 1 is 0.644 bits per heavy atom. The Balaban J connectivity index is 0.000000175. The number of para-hydroxylation sites is 2. The number of aliphatic hydroxyl groups excluding tert-OH is 3. The van der Waals surface area contributed by atoms with E-state index in [1.807, 2.05) is 67.6 Å². The molecule has 2 aromatic rings. The zero-order chi connectivity index (χ0) is 50.6. The molecule has 10 aliphatic rings. The summed E-state index contributed by atoms with van der Waals surface area (Å²) in [6.45, 7) is 6.60. The second-order valence-corrected chi connectivity index (χ2v) is 22.9. The molecule has 8 fully saturated rings. The van der Waals surface area contributed by atoms with E-state index < -0.39 is 122 Å². The molecule has 5 N–H and O–H groups in total. The number of alkyl halides is 4. The number of Topliss-reactive ketones (excluding diaryl/α,β-unsaturated/α-hetero) is 1. The van der Waals surface area contributed by atoms with Crippen LogP contribution in [0.2, 0.25) is 0 Å². The van der Waals surface area contributed by atoms with Gasteiger partial charge in [-0.1, -0.05) is 62.4 Å². The van der Waals surface area contributed by atoms with Crippen molar-refractivity contribution in [3.05, 3.63) is 108 Å². The minimum Gasteiger partial charge on any atom is -0.870 e. The van der Waals surface area contributed by atoms with E-state index in [0.717, 1.165) is 17.5 Å². The number of benzene rings is 2. The maximum Gasteiger partial charge on any atom is 1.00 e. The Hall–Kier alpha value is -4.04. The van der Waals surface area contributed by atoms with Crippen LogP contribution in [0.4, 0.5) is 28.9 Å². The van der Waals surface area contributed by atoms with Gasteiger partial charge in [-0.25, -0.2) is 22.4 Å². The number of nitrogens with zero attached hydrogens (tertiary/aromatic N) is 2. The summed E-state index contributed by atoms with van der Waals surface area (Å²) in [4.78, 5) is 63.1. The number of carbonyl (C=O) groups excluding carboxylic acids is 3. The molecule has 8 aliphatic carbocycles. The molecule has 0 spiro atoms. The Morgan fingerprint density at radius 2 is 1.03 bits per heavy atom. The zero-order valence-electron chi connectivity index (χ0n) is 41.5. The van der Waals surface area contributed by atoms with Gasteiger partial charge in [0, 0.05) is 45.3 Å². The molecule has 2 aromatic carbocycles. The zero-order valence-corrected chi connectivity index (χ0v) is 43.5. The van der Waals surface area contributed by atoms with E-state index in [1.165, 1.54) is 30.4 Å². The summed E-state index contributed by atoms with van der Waals surface area (Å²) in [6, 6.07) is 18.5. The van der Waals surface area contributed by atoms with Crippen molar-refractivity contribution >= 4 is 34.7 Å². The number of fused-ring (bicyclic) bond motifs is 14. The van der Waals surface area contributed by atoms with E-state index in [9.17, 15) is 39.6 Å². The van der Waals surface area contributed by atoms with E-state index in [0.29, 0.717) is 25.9 Å². The quantitative estimate of drug-likeness (QED) is 0.248. The number of carboxylic acids is 1. The molecule has 18 atom stereocenters. The van der Waals surface area contributed by atoms with Crippen LogP contribution in [-0.4, -0.2) is 116 Å². The standard InChI is InChI=1S/C28H31F2NO5.C27H29F2NO5.Na.H2O/c1-25-9-8-18(33)11-21(25)22(29)12-20-19-10-16-14-31(17-6-4-3-5-7-17)36-28(16,24(35)15-32)26(19,2)13-23(34)27(20,25)30;1-24-9-8-17(31)11-20(24)21(28)12-19-18-10-15-14-30(16-6-4-3-5-7-16)35-27(15,23(33)34)25(18,2)13-22(32)26(19,24)29;;/h3-9,11,16,19-20,22-23,32,34H,10,12-15H2,1-2H3;3-9,11,15,18-19,21-22,32H,10,12-14H2,1-2H3,(H,33,34);;1H2/q;;+1;/p-1/t16-,19-,20-,22-,23-,25-,26-,27-,28-;15-,18-,19-,21-,22-,24-,25-,26-,27-;;/m00../s1. The average Bonchev–Trinajstić information content (AvgIpc) is 4.06. The predicted octanol–water partition coefficient (Wildman–Crippen LogP) is 3.92. The molecule has 13 nitrogen and oxygen atoms in total. The van der Waals surface area contributed by atoms with Crippen LogP contribution in [0.3, 0.4) is 0 Å². The first-order chi connectivity index (χ1) is 33.5. The maximum atomic E-state index is 17.4. The van der Waals surface area contributed by atoms with Gasteiger partial charge in [0.15, 0.2) is 34.3 Å². The SMILES string of the molecule is C[C@]12C=CC(=O)C=C1[C@@H](F)C[C@H]1[C@@H]3C[C@H]4CN(c5ccccc5)O[C@@]4(C(=O)CO)[C@@]3(C)C[C@H](O)[C@@]12F.C[C@]12C=CC(=O)C=C1[C@@H](F)C[C@H]1[C@@H]3C[C@H]4CN(c5ccccc5)O[C@@]4(C(=O)O)[C@@]3(C)C[C@H](O)[C@@]12F.[Na+].[OH-]. The summed E-state index contributed by atoms with van der Waals surface area (Å²) in [7, 11) is 0. The first kappa shape index (κ1) is 53.8. The normalized spacial score (nSPS) is 46.2. The van der Waals surface area contributed by atoms with Crippen LogP contribution >= 0.6 is 0 Å². The van der Waals surface area contributed by atoms with Crippen LogP contribution < -0.4 is 39.7 Å². The van der Waals surface area contributed by atoms with Crippen molar-refractivity contribution in [1.82, 2.24) is 0 Å². The molecule has 0 amide bonds. The number of aliphatic carboxylic acids is 1. The summed E-state index contributed by atoms with van der Waals surface area (Å²) >= 11 is 0. The number of carbonyl (C=O) groups is 4. The van der Waals surface area contributed by atoms with Crippen LogP contribution in [0.1, 0.15) is 66.2 Å². The number of allylic oxidation sites excluding steroid dienone is 8. The van der Waals surface area contributed by atoms with Crippen LogP contribution in [-0.2, 0) is 28.9 Å². The summed E-state index contributed by atoms with van der Waals surface area (Å²) in [5.74, 6) is -6.07. The van der Waals surface area contributed by atoms with Gasteiger partial charge >= 0.3 is 35.5 Å². The predicted molar refractivity (Wildman–Crippen MR) is 252 cm³/mol. The van der Waals surface area contributed by atoms with Crippen molar-refractivity contribution in [2.75, 3.05) is 29.8 Å². The number of hydrogen-bond acceptors (Lipinski definition) is 12. The number of carboxylic acid groups (broad SMARTS) is 1. The van der Waals surface area contributed by atoms with Crippen LogP contribution in [0.25, 0.3) is 0 Å². The van der Waals surface area contributed by atoms with Crippen LogP contribution in [0.5, 0.6) is 0 Å². The van der Waals surface area contributed by atoms with Gasteiger partial charge in [-0.05, 0) is 124 Å². The second-order valence-electron chi connectivity index (χ2n) is 22.9. The minimum atomic E-state index is -2.24. The topological polar surface area (TPSA) is 204 Å². The van der Waals surface area contributed by atoms with Crippen molar-refractivity contribution in [2.45, 2.75) is 113 Å². The van der Waals surface area contributed by atoms with Crippen molar-refractivity contribution in [2.24, 2.45) is 57.2 Å².